The second-order valence-corrected chi connectivity index (χ2v) is 6.73. The van der Waals surface area contributed by atoms with Gasteiger partial charge in [0.1, 0.15) is 0 Å². The van der Waals surface area contributed by atoms with Crippen LogP contribution in [0, 0.1) is 17.3 Å². The Morgan fingerprint density at radius 1 is 1.25 bits per heavy atom. The molecule has 1 fully saturated rings. The highest BCUT2D eigenvalue weighted by Gasteiger charge is 2.37. The standard InChI is InChI=1S/C16H30N2O2/c1-6-9-17-14(19)13-7-10-18(11-8-13)15(20)16(4,5)12(2)3/h12-13H,6-11H2,1-5H3,(H,17,19). The summed E-state index contributed by atoms with van der Waals surface area (Å²) in [6, 6.07) is 0. The van der Waals surface area contributed by atoms with Crippen molar-refractivity contribution in [1.29, 1.82) is 0 Å². The zero-order valence-electron chi connectivity index (χ0n) is 13.7. The third-order valence-corrected chi connectivity index (χ3v) is 4.70. The highest BCUT2D eigenvalue weighted by atomic mass is 16.2. The van der Waals surface area contributed by atoms with Gasteiger partial charge >= 0.3 is 0 Å². The van der Waals surface area contributed by atoms with Crippen molar-refractivity contribution in [2.75, 3.05) is 19.6 Å². The molecular formula is C16H30N2O2. The molecule has 1 heterocycles. The van der Waals surface area contributed by atoms with Crippen molar-refractivity contribution in [2.45, 2.75) is 53.9 Å². The lowest BCUT2D eigenvalue weighted by Crippen LogP contribution is -2.48. The van der Waals surface area contributed by atoms with Gasteiger partial charge in [0.25, 0.3) is 0 Å². The van der Waals surface area contributed by atoms with Crippen molar-refractivity contribution in [1.82, 2.24) is 10.2 Å². The van der Waals surface area contributed by atoms with Crippen LogP contribution in [0.3, 0.4) is 0 Å². The Labute approximate surface area is 123 Å². The van der Waals surface area contributed by atoms with Crippen molar-refractivity contribution in [3.8, 4) is 0 Å². The molecule has 0 saturated carbocycles. The molecule has 1 aliphatic heterocycles. The van der Waals surface area contributed by atoms with Crippen molar-refractivity contribution in [3.63, 3.8) is 0 Å². The predicted octanol–water partition coefficient (Wildman–Crippen LogP) is 2.43. The van der Waals surface area contributed by atoms with Gasteiger partial charge in [-0.2, -0.15) is 0 Å². The number of likely N-dealkylation sites (tertiary alicyclic amines) is 1. The normalized spacial score (nSPS) is 17.4. The molecule has 1 saturated heterocycles. The van der Waals surface area contributed by atoms with Crippen LogP contribution in [0.4, 0.5) is 0 Å². The van der Waals surface area contributed by atoms with E-state index in [1.807, 2.05) is 18.7 Å². The predicted molar refractivity (Wildman–Crippen MR) is 81.2 cm³/mol. The van der Waals surface area contributed by atoms with E-state index in [-0.39, 0.29) is 23.1 Å². The Bertz CT molecular complexity index is 342. The third-order valence-electron chi connectivity index (χ3n) is 4.70. The molecule has 1 rings (SSSR count). The number of piperidine rings is 1. The molecular weight excluding hydrogens is 252 g/mol. The largest absolute Gasteiger partial charge is 0.356 e. The number of hydrogen-bond donors (Lipinski definition) is 1. The van der Waals surface area contributed by atoms with Crippen LogP contribution >= 0.6 is 0 Å². The van der Waals surface area contributed by atoms with Gasteiger partial charge in [-0.25, -0.2) is 0 Å². The summed E-state index contributed by atoms with van der Waals surface area (Å²) in [5, 5.41) is 2.95. The molecule has 0 aromatic rings. The Kier molecular flexibility index (Phi) is 6.03. The molecule has 0 radical (unpaired) electrons. The molecule has 116 valence electrons. The zero-order valence-corrected chi connectivity index (χ0v) is 13.7. The molecule has 4 heteroatoms. The fourth-order valence-corrected chi connectivity index (χ4v) is 2.39. The molecule has 0 atom stereocenters. The highest BCUT2D eigenvalue weighted by molar-refractivity contribution is 5.83. The van der Waals surface area contributed by atoms with Gasteiger partial charge in [-0.05, 0) is 25.2 Å². The van der Waals surface area contributed by atoms with E-state index in [0.29, 0.717) is 19.0 Å². The summed E-state index contributed by atoms with van der Waals surface area (Å²) in [6.07, 6.45) is 2.54. The van der Waals surface area contributed by atoms with Gasteiger partial charge in [0.15, 0.2) is 0 Å². The minimum atomic E-state index is -0.322. The molecule has 0 aromatic carbocycles. The quantitative estimate of drug-likeness (QED) is 0.842. The van der Waals surface area contributed by atoms with Crippen LogP contribution in [-0.2, 0) is 9.59 Å². The van der Waals surface area contributed by atoms with Gasteiger partial charge < -0.3 is 10.2 Å². The Hall–Kier alpha value is -1.06. The van der Waals surface area contributed by atoms with Crippen LogP contribution in [-0.4, -0.2) is 36.3 Å². The van der Waals surface area contributed by atoms with Crippen LogP contribution in [0.1, 0.15) is 53.9 Å². The first kappa shape index (κ1) is 17.0. The number of carbonyl (C=O) groups excluding carboxylic acids is 2. The van der Waals surface area contributed by atoms with E-state index in [1.165, 1.54) is 0 Å². The van der Waals surface area contributed by atoms with Gasteiger partial charge in [0, 0.05) is 31.0 Å². The summed E-state index contributed by atoms with van der Waals surface area (Å²) < 4.78 is 0. The van der Waals surface area contributed by atoms with Gasteiger partial charge in [0.2, 0.25) is 11.8 Å². The van der Waals surface area contributed by atoms with Crippen molar-refractivity contribution in [3.05, 3.63) is 0 Å². The first-order chi connectivity index (χ1) is 9.30. The first-order valence-electron chi connectivity index (χ1n) is 7.87. The van der Waals surface area contributed by atoms with E-state index in [1.54, 1.807) is 0 Å². The first-order valence-corrected chi connectivity index (χ1v) is 7.87. The van der Waals surface area contributed by atoms with Crippen molar-refractivity contribution >= 4 is 11.8 Å². The average Bonchev–Trinajstić information content (AvgIpc) is 2.43. The number of carbonyl (C=O) groups is 2. The lowest BCUT2D eigenvalue weighted by atomic mass is 9.79. The lowest BCUT2D eigenvalue weighted by Gasteiger charge is -2.38. The number of nitrogens with one attached hydrogen (secondary N) is 1. The SMILES string of the molecule is CCCNC(=O)C1CCN(C(=O)C(C)(C)C(C)C)CC1. The maximum atomic E-state index is 12.5. The smallest absolute Gasteiger partial charge is 0.228 e. The van der Waals surface area contributed by atoms with Crippen molar-refractivity contribution < 1.29 is 9.59 Å². The number of amides is 2. The molecule has 2 amide bonds. The van der Waals surface area contributed by atoms with Gasteiger partial charge in [-0.1, -0.05) is 34.6 Å². The molecule has 0 unspecified atom stereocenters. The maximum absolute atomic E-state index is 12.5. The van der Waals surface area contributed by atoms with Crippen molar-refractivity contribution in [2.24, 2.45) is 17.3 Å². The molecule has 0 aromatic heterocycles. The van der Waals surface area contributed by atoms with Crippen LogP contribution in [0.15, 0.2) is 0 Å². The van der Waals surface area contributed by atoms with E-state index >= 15 is 0 Å². The summed E-state index contributed by atoms with van der Waals surface area (Å²) in [4.78, 5) is 26.4. The minimum Gasteiger partial charge on any atom is -0.356 e. The number of rotatable bonds is 5. The second kappa shape index (κ2) is 7.09. The lowest BCUT2D eigenvalue weighted by molar-refractivity contribution is -0.145. The molecule has 20 heavy (non-hydrogen) atoms. The van der Waals surface area contributed by atoms with E-state index in [2.05, 4.69) is 26.1 Å². The van der Waals surface area contributed by atoms with E-state index in [0.717, 1.165) is 25.8 Å². The fraction of sp³-hybridized carbons (Fsp3) is 0.875. The molecule has 1 aliphatic rings. The summed E-state index contributed by atoms with van der Waals surface area (Å²) in [5.41, 5.74) is -0.322. The molecule has 4 nitrogen and oxygen atoms in total. The van der Waals surface area contributed by atoms with E-state index in [9.17, 15) is 9.59 Å². The average molecular weight is 282 g/mol. The number of hydrogen-bond acceptors (Lipinski definition) is 2. The monoisotopic (exact) mass is 282 g/mol. The van der Waals surface area contributed by atoms with Crippen LogP contribution in [0.5, 0.6) is 0 Å². The van der Waals surface area contributed by atoms with Gasteiger partial charge in [-0.3, -0.25) is 9.59 Å². The van der Waals surface area contributed by atoms with E-state index in [4.69, 9.17) is 0 Å². The maximum Gasteiger partial charge on any atom is 0.228 e. The molecule has 0 bridgehead atoms. The second-order valence-electron chi connectivity index (χ2n) is 6.73. The Balaban J connectivity index is 2.50. The summed E-state index contributed by atoms with van der Waals surface area (Å²) in [7, 11) is 0. The molecule has 1 N–H and O–H groups in total. The Morgan fingerprint density at radius 2 is 1.80 bits per heavy atom. The summed E-state index contributed by atoms with van der Waals surface area (Å²) in [5.74, 6) is 0.773. The van der Waals surface area contributed by atoms with Gasteiger partial charge in [-0.15, -0.1) is 0 Å². The van der Waals surface area contributed by atoms with Crippen LogP contribution in [0.25, 0.3) is 0 Å². The fourth-order valence-electron chi connectivity index (χ4n) is 2.39. The molecule has 0 spiro atoms. The Morgan fingerprint density at radius 3 is 2.25 bits per heavy atom. The third kappa shape index (κ3) is 3.97. The topological polar surface area (TPSA) is 49.4 Å². The highest BCUT2D eigenvalue weighted by Crippen LogP contribution is 2.30. The van der Waals surface area contributed by atoms with Crippen LogP contribution in [0.2, 0.25) is 0 Å². The molecule has 0 aliphatic carbocycles. The minimum absolute atomic E-state index is 0.0766. The number of nitrogens with zero attached hydrogens (tertiary/aromatic N) is 1. The van der Waals surface area contributed by atoms with Gasteiger partial charge in [0.05, 0.1) is 0 Å². The zero-order chi connectivity index (χ0) is 15.3. The van der Waals surface area contributed by atoms with Crippen LogP contribution < -0.4 is 5.32 Å². The van der Waals surface area contributed by atoms with E-state index < -0.39 is 0 Å². The summed E-state index contributed by atoms with van der Waals surface area (Å²) >= 11 is 0. The summed E-state index contributed by atoms with van der Waals surface area (Å²) in [6.45, 7) is 12.4.